The molecule has 0 aromatic heterocycles. The van der Waals surface area contributed by atoms with Crippen LogP contribution in [0.4, 0.5) is 0 Å². The number of hydrogen-bond acceptors (Lipinski definition) is 2. The van der Waals surface area contributed by atoms with E-state index in [9.17, 15) is 4.79 Å². The summed E-state index contributed by atoms with van der Waals surface area (Å²) in [5.41, 5.74) is 1.05. The van der Waals surface area contributed by atoms with Gasteiger partial charge in [-0.2, -0.15) is 0 Å². The summed E-state index contributed by atoms with van der Waals surface area (Å²) >= 11 is 3.40. The summed E-state index contributed by atoms with van der Waals surface area (Å²) in [6.45, 7) is 4.23. The second-order valence-electron chi connectivity index (χ2n) is 5.27. The van der Waals surface area contributed by atoms with E-state index < -0.39 is 0 Å². The predicted octanol–water partition coefficient (Wildman–Crippen LogP) is 2.50. The summed E-state index contributed by atoms with van der Waals surface area (Å²) in [5.74, 6) is 0.669. The Morgan fingerprint density at radius 1 is 1.47 bits per heavy atom. The molecule has 0 saturated carbocycles. The van der Waals surface area contributed by atoms with Gasteiger partial charge in [-0.1, -0.05) is 28.1 Å². The minimum Gasteiger partial charge on any atom is -0.353 e. The van der Waals surface area contributed by atoms with E-state index in [4.69, 9.17) is 0 Å². The van der Waals surface area contributed by atoms with E-state index in [0.717, 1.165) is 23.1 Å². The number of hydrogen-bond donors (Lipinski definition) is 2. The van der Waals surface area contributed by atoms with Gasteiger partial charge < -0.3 is 10.6 Å². The lowest BCUT2D eigenvalue weighted by Crippen LogP contribution is -2.45. The van der Waals surface area contributed by atoms with Gasteiger partial charge >= 0.3 is 0 Å². The van der Waals surface area contributed by atoms with Crippen LogP contribution in [0.1, 0.15) is 25.3 Å². The smallest absolute Gasteiger partial charge is 0.224 e. The third kappa shape index (κ3) is 4.62. The lowest BCUT2D eigenvalue weighted by Gasteiger charge is -2.29. The first-order valence-corrected chi connectivity index (χ1v) is 7.69. The minimum atomic E-state index is 0.111. The lowest BCUT2D eigenvalue weighted by atomic mass is 9.92. The maximum absolute atomic E-state index is 12.0. The van der Waals surface area contributed by atoms with Crippen LogP contribution in [0, 0.1) is 5.92 Å². The first kappa shape index (κ1) is 14.5. The van der Waals surface area contributed by atoms with E-state index in [1.807, 2.05) is 24.3 Å². The van der Waals surface area contributed by atoms with Crippen molar-refractivity contribution in [2.24, 2.45) is 5.92 Å². The van der Waals surface area contributed by atoms with E-state index in [1.54, 1.807) is 0 Å². The van der Waals surface area contributed by atoms with Crippen molar-refractivity contribution < 1.29 is 4.79 Å². The Kier molecular flexibility index (Phi) is 5.40. The van der Waals surface area contributed by atoms with E-state index in [1.165, 1.54) is 12.8 Å². The second-order valence-corrected chi connectivity index (χ2v) is 6.18. The van der Waals surface area contributed by atoms with Gasteiger partial charge in [0.05, 0.1) is 6.42 Å². The largest absolute Gasteiger partial charge is 0.353 e. The molecule has 0 bridgehead atoms. The SMILES string of the molecule is CC(NC(=O)Cc1ccc(Br)cc1)C1CCCNC1. The third-order valence-electron chi connectivity index (χ3n) is 3.71. The summed E-state index contributed by atoms with van der Waals surface area (Å²) < 4.78 is 1.04. The third-order valence-corrected chi connectivity index (χ3v) is 4.24. The minimum absolute atomic E-state index is 0.111. The summed E-state index contributed by atoms with van der Waals surface area (Å²) in [6, 6.07) is 8.15. The molecule has 0 radical (unpaired) electrons. The highest BCUT2D eigenvalue weighted by Gasteiger charge is 2.21. The number of benzene rings is 1. The summed E-state index contributed by atoms with van der Waals surface area (Å²) in [5, 5.41) is 6.51. The molecular formula is C15H21BrN2O. The van der Waals surface area contributed by atoms with Crippen LogP contribution in [0.15, 0.2) is 28.7 Å². The molecule has 3 nitrogen and oxygen atoms in total. The summed E-state index contributed by atoms with van der Waals surface area (Å²) in [7, 11) is 0. The number of halogens is 1. The Labute approximate surface area is 123 Å². The van der Waals surface area contributed by atoms with E-state index >= 15 is 0 Å². The van der Waals surface area contributed by atoms with Crippen molar-refractivity contribution in [1.82, 2.24) is 10.6 Å². The first-order valence-electron chi connectivity index (χ1n) is 6.89. The van der Waals surface area contributed by atoms with Crippen LogP contribution in [0.3, 0.4) is 0 Å². The zero-order valence-corrected chi connectivity index (χ0v) is 12.9. The standard InChI is InChI=1S/C15H21BrN2O/c1-11(13-3-2-8-17-10-13)18-15(19)9-12-4-6-14(16)7-5-12/h4-7,11,13,17H,2-3,8-10H2,1H3,(H,18,19). The molecule has 0 aliphatic carbocycles. The van der Waals surface area contributed by atoms with Crippen molar-refractivity contribution in [2.45, 2.75) is 32.2 Å². The van der Waals surface area contributed by atoms with Crippen molar-refractivity contribution in [3.8, 4) is 0 Å². The monoisotopic (exact) mass is 324 g/mol. The molecule has 104 valence electrons. The van der Waals surface area contributed by atoms with Gasteiger partial charge in [-0.15, -0.1) is 0 Å². The van der Waals surface area contributed by atoms with Gasteiger partial charge in [-0.25, -0.2) is 0 Å². The zero-order chi connectivity index (χ0) is 13.7. The van der Waals surface area contributed by atoms with Crippen LogP contribution in [-0.4, -0.2) is 25.0 Å². The molecule has 1 amide bonds. The zero-order valence-electron chi connectivity index (χ0n) is 11.3. The maximum atomic E-state index is 12.0. The molecule has 4 heteroatoms. The highest BCUT2D eigenvalue weighted by Crippen LogP contribution is 2.15. The van der Waals surface area contributed by atoms with Crippen LogP contribution < -0.4 is 10.6 Å². The van der Waals surface area contributed by atoms with Crippen molar-refractivity contribution in [1.29, 1.82) is 0 Å². The fourth-order valence-corrected chi connectivity index (χ4v) is 2.78. The molecule has 2 rings (SSSR count). The topological polar surface area (TPSA) is 41.1 Å². The molecule has 2 atom stereocenters. The maximum Gasteiger partial charge on any atom is 0.224 e. The molecule has 2 N–H and O–H groups in total. The number of carbonyl (C=O) groups is 1. The quantitative estimate of drug-likeness (QED) is 0.893. The van der Waals surface area contributed by atoms with Gasteiger partial charge in [0.2, 0.25) is 5.91 Å². The van der Waals surface area contributed by atoms with Crippen LogP contribution in [0.2, 0.25) is 0 Å². The predicted molar refractivity (Wildman–Crippen MR) is 81.0 cm³/mol. The van der Waals surface area contributed by atoms with Crippen LogP contribution in [-0.2, 0) is 11.2 Å². The van der Waals surface area contributed by atoms with Gasteiger partial charge in [-0.3, -0.25) is 4.79 Å². The Morgan fingerprint density at radius 3 is 2.84 bits per heavy atom. The van der Waals surface area contributed by atoms with E-state index in [-0.39, 0.29) is 11.9 Å². The number of amides is 1. The Hall–Kier alpha value is -0.870. The first-order chi connectivity index (χ1) is 9.15. The van der Waals surface area contributed by atoms with Gasteiger partial charge in [-0.05, 0) is 56.5 Å². The second kappa shape index (κ2) is 7.06. The van der Waals surface area contributed by atoms with E-state index in [0.29, 0.717) is 12.3 Å². The lowest BCUT2D eigenvalue weighted by molar-refractivity contribution is -0.121. The van der Waals surface area contributed by atoms with E-state index in [2.05, 4.69) is 33.5 Å². The molecule has 1 saturated heterocycles. The summed E-state index contributed by atoms with van der Waals surface area (Å²) in [6.07, 6.45) is 2.86. The van der Waals surface area contributed by atoms with Gasteiger partial charge in [0.1, 0.15) is 0 Å². The fourth-order valence-electron chi connectivity index (χ4n) is 2.52. The molecular weight excluding hydrogens is 304 g/mol. The number of nitrogens with one attached hydrogen (secondary N) is 2. The molecule has 1 aromatic rings. The van der Waals surface area contributed by atoms with Crippen molar-refractivity contribution in [2.75, 3.05) is 13.1 Å². The van der Waals surface area contributed by atoms with Gasteiger partial charge in [0.25, 0.3) is 0 Å². The number of carbonyl (C=O) groups excluding carboxylic acids is 1. The molecule has 1 heterocycles. The molecule has 19 heavy (non-hydrogen) atoms. The Bertz CT molecular complexity index is 413. The van der Waals surface area contributed by atoms with Crippen molar-refractivity contribution in [3.63, 3.8) is 0 Å². The normalized spacial score (nSPS) is 20.8. The average molecular weight is 325 g/mol. The molecule has 1 aromatic carbocycles. The number of rotatable bonds is 4. The molecule has 0 spiro atoms. The van der Waals surface area contributed by atoms with Crippen molar-refractivity contribution in [3.05, 3.63) is 34.3 Å². The fraction of sp³-hybridized carbons (Fsp3) is 0.533. The van der Waals surface area contributed by atoms with Crippen LogP contribution in [0.5, 0.6) is 0 Å². The van der Waals surface area contributed by atoms with Crippen molar-refractivity contribution >= 4 is 21.8 Å². The highest BCUT2D eigenvalue weighted by molar-refractivity contribution is 9.10. The molecule has 1 aliphatic rings. The van der Waals surface area contributed by atoms with Crippen LogP contribution in [0.25, 0.3) is 0 Å². The van der Waals surface area contributed by atoms with Gasteiger partial charge in [0.15, 0.2) is 0 Å². The molecule has 2 unspecified atom stereocenters. The van der Waals surface area contributed by atoms with Crippen LogP contribution >= 0.6 is 15.9 Å². The average Bonchev–Trinajstić information content (AvgIpc) is 2.42. The molecule has 1 fully saturated rings. The Balaban J connectivity index is 1.81. The molecule has 1 aliphatic heterocycles. The number of piperidine rings is 1. The Morgan fingerprint density at radius 2 is 2.21 bits per heavy atom. The highest BCUT2D eigenvalue weighted by atomic mass is 79.9. The van der Waals surface area contributed by atoms with Gasteiger partial charge in [0, 0.05) is 10.5 Å². The summed E-state index contributed by atoms with van der Waals surface area (Å²) in [4.78, 5) is 12.0.